The van der Waals surface area contributed by atoms with Gasteiger partial charge in [-0.3, -0.25) is 4.79 Å². The Labute approximate surface area is 194 Å². The zero-order valence-electron chi connectivity index (χ0n) is 17.2. The standard InChI is InChI=1S/C21H20ClFN4O3S2/c1-13-10-14(2)25-21(24-13)27-32(29,30)16-8-6-15(7-9-16)26-20(28)12-31-11-17-18(22)4-3-5-19(17)23/h3-10H,11-12H2,1-2H3,(H,26,28)(H,24,25,27). The molecule has 3 rings (SSSR count). The number of thioether (sulfide) groups is 1. The Kier molecular flexibility index (Phi) is 7.70. The second-order valence-electron chi connectivity index (χ2n) is 6.85. The van der Waals surface area contributed by atoms with Crippen molar-refractivity contribution in [3.05, 3.63) is 76.3 Å². The number of carbonyl (C=O) groups is 1. The largest absolute Gasteiger partial charge is 0.325 e. The summed E-state index contributed by atoms with van der Waals surface area (Å²) < 4.78 is 41.3. The van der Waals surface area contributed by atoms with Crippen LogP contribution in [0, 0.1) is 19.7 Å². The summed E-state index contributed by atoms with van der Waals surface area (Å²) in [6.07, 6.45) is 0. The van der Waals surface area contributed by atoms with E-state index in [9.17, 15) is 17.6 Å². The molecule has 0 aliphatic rings. The third-order valence-electron chi connectivity index (χ3n) is 4.20. The molecule has 168 valence electrons. The summed E-state index contributed by atoms with van der Waals surface area (Å²) in [7, 11) is -3.88. The van der Waals surface area contributed by atoms with E-state index in [-0.39, 0.29) is 28.3 Å². The molecule has 0 fully saturated rings. The smallest absolute Gasteiger partial charge is 0.264 e. The third-order valence-corrected chi connectivity index (χ3v) is 6.85. The van der Waals surface area contributed by atoms with Crippen LogP contribution in [-0.4, -0.2) is 30.0 Å². The first-order valence-electron chi connectivity index (χ1n) is 9.40. The quantitative estimate of drug-likeness (QED) is 0.476. The lowest BCUT2D eigenvalue weighted by Crippen LogP contribution is -2.16. The molecule has 0 aliphatic heterocycles. The molecule has 1 aromatic heterocycles. The molecule has 0 aliphatic carbocycles. The van der Waals surface area contributed by atoms with Gasteiger partial charge in [-0.2, -0.15) is 0 Å². The molecule has 2 N–H and O–H groups in total. The van der Waals surface area contributed by atoms with E-state index in [0.717, 1.165) is 0 Å². The van der Waals surface area contributed by atoms with Gasteiger partial charge in [0.2, 0.25) is 11.9 Å². The lowest BCUT2D eigenvalue weighted by atomic mass is 10.2. The minimum absolute atomic E-state index is 0.00169. The van der Waals surface area contributed by atoms with Gasteiger partial charge in [-0.1, -0.05) is 17.7 Å². The van der Waals surface area contributed by atoms with Crippen LogP contribution in [0.15, 0.2) is 53.4 Å². The molecule has 7 nitrogen and oxygen atoms in total. The van der Waals surface area contributed by atoms with E-state index in [0.29, 0.717) is 27.7 Å². The number of hydrogen-bond acceptors (Lipinski definition) is 6. The molecule has 0 unspecified atom stereocenters. The second kappa shape index (κ2) is 10.3. The van der Waals surface area contributed by atoms with Crippen LogP contribution in [0.5, 0.6) is 0 Å². The number of anilines is 2. The number of aryl methyl sites for hydroxylation is 2. The second-order valence-corrected chi connectivity index (χ2v) is 9.92. The topological polar surface area (TPSA) is 101 Å². The molecule has 2 aromatic carbocycles. The van der Waals surface area contributed by atoms with Gasteiger partial charge in [0.05, 0.1) is 10.6 Å². The predicted octanol–water partition coefficient (Wildman–Crippen LogP) is 4.56. The molecule has 0 bridgehead atoms. The Hall–Kier alpha value is -2.69. The van der Waals surface area contributed by atoms with Crippen molar-refractivity contribution in [2.75, 3.05) is 15.8 Å². The van der Waals surface area contributed by atoms with E-state index in [2.05, 4.69) is 20.0 Å². The molecular formula is C21H20ClFN4O3S2. The number of nitrogens with zero attached hydrogens (tertiary/aromatic N) is 2. The highest BCUT2D eigenvalue weighted by Crippen LogP contribution is 2.24. The van der Waals surface area contributed by atoms with Crippen LogP contribution in [0.25, 0.3) is 0 Å². The number of nitrogens with one attached hydrogen (secondary N) is 2. The fourth-order valence-electron chi connectivity index (χ4n) is 2.78. The van der Waals surface area contributed by atoms with Gasteiger partial charge in [0.25, 0.3) is 10.0 Å². The van der Waals surface area contributed by atoms with Crippen molar-refractivity contribution in [3.8, 4) is 0 Å². The molecule has 0 atom stereocenters. The van der Waals surface area contributed by atoms with Crippen molar-refractivity contribution >= 4 is 50.9 Å². The number of carbonyl (C=O) groups excluding carboxylic acids is 1. The zero-order chi connectivity index (χ0) is 23.3. The van der Waals surface area contributed by atoms with Crippen LogP contribution in [0.2, 0.25) is 5.02 Å². The minimum Gasteiger partial charge on any atom is -0.325 e. The van der Waals surface area contributed by atoms with Crippen molar-refractivity contribution in [3.63, 3.8) is 0 Å². The molecule has 0 saturated heterocycles. The lowest BCUT2D eigenvalue weighted by Gasteiger charge is -2.10. The summed E-state index contributed by atoms with van der Waals surface area (Å²) in [6, 6.07) is 11.9. The number of hydrogen-bond donors (Lipinski definition) is 2. The summed E-state index contributed by atoms with van der Waals surface area (Å²) in [5.41, 5.74) is 2.06. The number of halogens is 2. The number of rotatable bonds is 8. The van der Waals surface area contributed by atoms with Gasteiger partial charge in [0.15, 0.2) is 0 Å². The maximum Gasteiger partial charge on any atom is 0.264 e. The fraction of sp³-hybridized carbons (Fsp3) is 0.190. The molecule has 32 heavy (non-hydrogen) atoms. The molecule has 1 heterocycles. The summed E-state index contributed by atoms with van der Waals surface area (Å²) in [6.45, 7) is 3.49. The van der Waals surface area contributed by atoms with Crippen LogP contribution in [-0.2, 0) is 20.6 Å². The highest BCUT2D eigenvalue weighted by Gasteiger charge is 2.16. The average molecular weight is 495 g/mol. The first kappa shape index (κ1) is 24.0. The van der Waals surface area contributed by atoms with Crippen LogP contribution in [0.4, 0.5) is 16.0 Å². The molecule has 0 spiro atoms. The molecular weight excluding hydrogens is 475 g/mol. The molecule has 0 radical (unpaired) electrons. The number of benzene rings is 2. The zero-order valence-corrected chi connectivity index (χ0v) is 19.6. The monoisotopic (exact) mass is 494 g/mol. The van der Waals surface area contributed by atoms with Crippen LogP contribution in [0.1, 0.15) is 17.0 Å². The molecule has 11 heteroatoms. The van der Waals surface area contributed by atoms with Gasteiger partial charge in [-0.05, 0) is 56.3 Å². The van der Waals surface area contributed by atoms with Gasteiger partial charge < -0.3 is 5.32 Å². The SMILES string of the molecule is Cc1cc(C)nc(NS(=O)(=O)c2ccc(NC(=O)CSCc3c(F)cccc3Cl)cc2)n1. The van der Waals surface area contributed by atoms with Crippen molar-refractivity contribution in [1.82, 2.24) is 9.97 Å². The van der Waals surface area contributed by atoms with Crippen LogP contribution >= 0.6 is 23.4 Å². The van der Waals surface area contributed by atoms with Crippen molar-refractivity contribution in [1.29, 1.82) is 0 Å². The van der Waals surface area contributed by atoms with E-state index in [4.69, 9.17) is 11.6 Å². The highest BCUT2D eigenvalue weighted by atomic mass is 35.5. The number of sulfonamides is 1. The maximum absolute atomic E-state index is 13.8. The Balaban J connectivity index is 1.57. The Morgan fingerprint density at radius 2 is 1.75 bits per heavy atom. The predicted molar refractivity (Wildman–Crippen MR) is 125 cm³/mol. The van der Waals surface area contributed by atoms with Gasteiger partial charge in [-0.25, -0.2) is 27.5 Å². The maximum atomic E-state index is 13.8. The van der Waals surface area contributed by atoms with Crippen molar-refractivity contribution in [2.24, 2.45) is 0 Å². The Morgan fingerprint density at radius 1 is 1.09 bits per heavy atom. The normalized spacial score (nSPS) is 11.2. The van der Waals surface area contributed by atoms with Crippen LogP contribution < -0.4 is 10.0 Å². The summed E-state index contributed by atoms with van der Waals surface area (Å²) in [4.78, 5) is 20.3. The summed E-state index contributed by atoms with van der Waals surface area (Å²) in [5, 5.41) is 2.99. The van der Waals surface area contributed by atoms with Gasteiger partial charge in [0, 0.05) is 33.4 Å². The van der Waals surface area contributed by atoms with Crippen molar-refractivity contribution < 1.29 is 17.6 Å². The summed E-state index contributed by atoms with van der Waals surface area (Å²) in [5.74, 6) is -0.396. The van der Waals surface area contributed by atoms with E-state index in [1.807, 2.05) is 0 Å². The van der Waals surface area contributed by atoms with Gasteiger partial charge >= 0.3 is 0 Å². The first-order chi connectivity index (χ1) is 15.1. The minimum atomic E-state index is -3.88. The van der Waals surface area contributed by atoms with Crippen molar-refractivity contribution in [2.45, 2.75) is 24.5 Å². The number of aromatic nitrogens is 2. The Bertz CT molecular complexity index is 1200. The lowest BCUT2D eigenvalue weighted by molar-refractivity contribution is -0.113. The average Bonchev–Trinajstić information content (AvgIpc) is 2.69. The number of amides is 1. The molecule has 3 aromatic rings. The van der Waals surface area contributed by atoms with E-state index < -0.39 is 15.8 Å². The van der Waals surface area contributed by atoms with E-state index >= 15 is 0 Å². The first-order valence-corrected chi connectivity index (χ1v) is 12.4. The molecule has 1 amide bonds. The van der Waals surface area contributed by atoms with Gasteiger partial charge in [-0.15, -0.1) is 11.8 Å². The van der Waals surface area contributed by atoms with Crippen LogP contribution in [0.3, 0.4) is 0 Å². The van der Waals surface area contributed by atoms with Gasteiger partial charge in [0.1, 0.15) is 5.82 Å². The van der Waals surface area contributed by atoms with E-state index in [1.54, 1.807) is 26.0 Å². The highest BCUT2D eigenvalue weighted by molar-refractivity contribution is 7.99. The Morgan fingerprint density at radius 3 is 2.38 bits per heavy atom. The molecule has 0 saturated carbocycles. The third kappa shape index (κ3) is 6.41. The summed E-state index contributed by atoms with van der Waals surface area (Å²) >= 11 is 7.19. The fourth-order valence-corrected chi connectivity index (χ4v) is 4.89. The van der Waals surface area contributed by atoms with E-state index in [1.165, 1.54) is 48.2 Å².